The van der Waals surface area contributed by atoms with E-state index in [0.717, 1.165) is 25.4 Å². The summed E-state index contributed by atoms with van der Waals surface area (Å²) in [6.45, 7) is 6.67. The predicted molar refractivity (Wildman–Crippen MR) is 89.6 cm³/mol. The molecule has 3 rings (SSSR count). The van der Waals surface area contributed by atoms with Crippen LogP contribution in [0.1, 0.15) is 42.0 Å². The summed E-state index contributed by atoms with van der Waals surface area (Å²) in [4.78, 5) is 0. The van der Waals surface area contributed by atoms with Gasteiger partial charge in [0.1, 0.15) is 0 Å². The zero-order valence-electron chi connectivity index (χ0n) is 13.1. The summed E-state index contributed by atoms with van der Waals surface area (Å²) in [5.74, 6) is 1.32. The Balaban J connectivity index is 1.78. The number of rotatable bonds is 4. The summed E-state index contributed by atoms with van der Waals surface area (Å²) in [7, 11) is 0. The number of nitrogens with one attached hydrogen (secondary N) is 1. The first-order valence-corrected chi connectivity index (χ1v) is 8.08. The highest BCUT2D eigenvalue weighted by atomic mass is 14.9. The molecule has 21 heavy (non-hydrogen) atoms. The van der Waals surface area contributed by atoms with Crippen molar-refractivity contribution in [3.05, 3.63) is 70.8 Å². The molecule has 1 unspecified atom stereocenters. The smallest absolute Gasteiger partial charge is 0.0208 e. The van der Waals surface area contributed by atoms with Gasteiger partial charge in [0.25, 0.3) is 0 Å². The topological polar surface area (TPSA) is 12.0 Å². The standard InChI is InChI=1S/C20H25N/c1-15(2)10-16-6-5-7-17(11-16)12-19-14-21-13-18-8-3-4-9-20(18)19/h3-9,11,15,19,21H,10,12-14H2,1-2H3. The van der Waals surface area contributed by atoms with Gasteiger partial charge in [0.15, 0.2) is 0 Å². The second-order valence-electron chi connectivity index (χ2n) is 6.65. The van der Waals surface area contributed by atoms with Gasteiger partial charge in [-0.05, 0) is 41.0 Å². The third kappa shape index (κ3) is 3.54. The molecule has 0 amide bonds. The van der Waals surface area contributed by atoms with Crippen LogP contribution in [0.5, 0.6) is 0 Å². The van der Waals surface area contributed by atoms with E-state index in [0.29, 0.717) is 5.92 Å². The molecule has 2 aromatic carbocycles. The van der Waals surface area contributed by atoms with Crippen LogP contribution in [0.2, 0.25) is 0 Å². The Morgan fingerprint density at radius 2 is 1.86 bits per heavy atom. The van der Waals surface area contributed by atoms with Gasteiger partial charge in [0, 0.05) is 19.0 Å². The van der Waals surface area contributed by atoms with Crippen molar-refractivity contribution in [3.8, 4) is 0 Å². The second-order valence-corrected chi connectivity index (χ2v) is 6.65. The van der Waals surface area contributed by atoms with Gasteiger partial charge in [-0.1, -0.05) is 62.4 Å². The van der Waals surface area contributed by atoms with Crippen LogP contribution in [0.15, 0.2) is 48.5 Å². The van der Waals surface area contributed by atoms with Crippen LogP contribution in [0.25, 0.3) is 0 Å². The SMILES string of the molecule is CC(C)Cc1cccc(CC2CNCc3ccccc32)c1. The molecule has 0 aromatic heterocycles. The number of hydrogen-bond donors (Lipinski definition) is 1. The van der Waals surface area contributed by atoms with Gasteiger partial charge >= 0.3 is 0 Å². The number of hydrogen-bond acceptors (Lipinski definition) is 1. The van der Waals surface area contributed by atoms with Gasteiger partial charge in [-0.3, -0.25) is 0 Å². The van der Waals surface area contributed by atoms with Crippen LogP contribution >= 0.6 is 0 Å². The molecule has 1 aliphatic heterocycles. The monoisotopic (exact) mass is 279 g/mol. The fraction of sp³-hybridized carbons (Fsp3) is 0.400. The minimum atomic E-state index is 0.601. The molecule has 0 aliphatic carbocycles. The highest BCUT2D eigenvalue weighted by molar-refractivity contribution is 5.35. The molecular weight excluding hydrogens is 254 g/mol. The first-order valence-electron chi connectivity index (χ1n) is 8.08. The average Bonchev–Trinajstić information content (AvgIpc) is 2.47. The molecule has 1 nitrogen and oxygen atoms in total. The van der Waals surface area contributed by atoms with Crippen LogP contribution in [-0.2, 0) is 19.4 Å². The van der Waals surface area contributed by atoms with Crippen LogP contribution < -0.4 is 5.32 Å². The predicted octanol–water partition coefficient (Wildman–Crippen LogP) is 4.31. The Morgan fingerprint density at radius 3 is 2.71 bits per heavy atom. The lowest BCUT2D eigenvalue weighted by atomic mass is 9.86. The average molecular weight is 279 g/mol. The Bertz CT molecular complexity index is 600. The molecule has 1 N–H and O–H groups in total. The van der Waals surface area contributed by atoms with Crippen molar-refractivity contribution in [3.63, 3.8) is 0 Å². The van der Waals surface area contributed by atoms with Crippen molar-refractivity contribution in [2.24, 2.45) is 5.92 Å². The molecule has 0 saturated heterocycles. The first kappa shape index (κ1) is 14.3. The van der Waals surface area contributed by atoms with Gasteiger partial charge in [-0.25, -0.2) is 0 Å². The van der Waals surface area contributed by atoms with Gasteiger partial charge in [-0.2, -0.15) is 0 Å². The summed E-state index contributed by atoms with van der Waals surface area (Å²) in [6.07, 6.45) is 2.31. The molecule has 1 heteroatoms. The van der Waals surface area contributed by atoms with Crippen molar-refractivity contribution in [1.82, 2.24) is 5.32 Å². The maximum atomic E-state index is 3.56. The Kier molecular flexibility index (Phi) is 4.40. The molecular formula is C20H25N. The first-order chi connectivity index (χ1) is 10.2. The van der Waals surface area contributed by atoms with E-state index < -0.39 is 0 Å². The van der Waals surface area contributed by atoms with E-state index in [1.54, 1.807) is 0 Å². The van der Waals surface area contributed by atoms with Gasteiger partial charge in [0.2, 0.25) is 0 Å². The van der Waals surface area contributed by atoms with Crippen molar-refractivity contribution < 1.29 is 0 Å². The van der Waals surface area contributed by atoms with Crippen molar-refractivity contribution in [1.29, 1.82) is 0 Å². The van der Waals surface area contributed by atoms with E-state index in [4.69, 9.17) is 0 Å². The Hall–Kier alpha value is -1.60. The molecule has 0 radical (unpaired) electrons. The minimum Gasteiger partial charge on any atom is -0.312 e. The molecule has 2 aromatic rings. The van der Waals surface area contributed by atoms with E-state index >= 15 is 0 Å². The summed E-state index contributed by atoms with van der Waals surface area (Å²) in [5.41, 5.74) is 5.94. The van der Waals surface area contributed by atoms with Crippen LogP contribution in [0, 0.1) is 5.92 Å². The second kappa shape index (κ2) is 6.44. The molecule has 0 bridgehead atoms. The van der Waals surface area contributed by atoms with E-state index in [1.165, 1.54) is 28.7 Å². The number of benzene rings is 2. The van der Waals surface area contributed by atoms with E-state index in [2.05, 4.69) is 67.7 Å². The van der Waals surface area contributed by atoms with Crippen LogP contribution in [0.4, 0.5) is 0 Å². The maximum absolute atomic E-state index is 3.56. The summed E-state index contributed by atoms with van der Waals surface area (Å²) in [6, 6.07) is 18.0. The van der Waals surface area contributed by atoms with Crippen molar-refractivity contribution in [2.75, 3.05) is 6.54 Å². The molecule has 1 heterocycles. The van der Waals surface area contributed by atoms with Crippen molar-refractivity contribution >= 4 is 0 Å². The number of fused-ring (bicyclic) bond motifs is 1. The third-order valence-electron chi connectivity index (χ3n) is 4.32. The summed E-state index contributed by atoms with van der Waals surface area (Å²) < 4.78 is 0. The van der Waals surface area contributed by atoms with Gasteiger partial charge in [-0.15, -0.1) is 0 Å². The molecule has 110 valence electrons. The fourth-order valence-electron chi connectivity index (χ4n) is 3.41. The van der Waals surface area contributed by atoms with Crippen LogP contribution in [0.3, 0.4) is 0 Å². The lowest BCUT2D eigenvalue weighted by Crippen LogP contribution is -2.29. The Labute approximate surface area is 128 Å². The largest absolute Gasteiger partial charge is 0.312 e. The van der Waals surface area contributed by atoms with E-state index in [1.807, 2.05) is 0 Å². The van der Waals surface area contributed by atoms with E-state index in [-0.39, 0.29) is 0 Å². The zero-order chi connectivity index (χ0) is 14.7. The summed E-state index contributed by atoms with van der Waals surface area (Å²) in [5, 5.41) is 3.56. The minimum absolute atomic E-state index is 0.601. The van der Waals surface area contributed by atoms with E-state index in [9.17, 15) is 0 Å². The molecule has 1 aliphatic rings. The van der Waals surface area contributed by atoms with Gasteiger partial charge in [0.05, 0.1) is 0 Å². The van der Waals surface area contributed by atoms with Crippen molar-refractivity contribution in [2.45, 2.75) is 39.2 Å². The molecule has 0 spiro atoms. The molecule has 0 saturated carbocycles. The zero-order valence-corrected chi connectivity index (χ0v) is 13.1. The highest BCUT2D eigenvalue weighted by Gasteiger charge is 2.19. The maximum Gasteiger partial charge on any atom is 0.0208 e. The molecule has 0 fully saturated rings. The lowest BCUT2D eigenvalue weighted by Gasteiger charge is -2.26. The van der Waals surface area contributed by atoms with Crippen LogP contribution in [-0.4, -0.2) is 6.54 Å². The highest BCUT2D eigenvalue weighted by Crippen LogP contribution is 2.27. The lowest BCUT2D eigenvalue weighted by molar-refractivity contribution is 0.539. The third-order valence-corrected chi connectivity index (χ3v) is 4.32. The molecule has 1 atom stereocenters. The normalized spacial score (nSPS) is 17.8. The Morgan fingerprint density at radius 1 is 1.05 bits per heavy atom. The fourth-order valence-corrected chi connectivity index (χ4v) is 3.41. The summed E-state index contributed by atoms with van der Waals surface area (Å²) >= 11 is 0. The van der Waals surface area contributed by atoms with Gasteiger partial charge < -0.3 is 5.32 Å². The quantitative estimate of drug-likeness (QED) is 0.879.